The predicted octanol–water partition coefficient (Wildman–Crippen LogP) is 6.77. The Balaban J connectivity index is 1.28. The van der Waals surface area contributed by atoms with Gasteiger partial charge in [-0.15, -0.1) is 0 Å². The van der Waals surface area contributed by atoms with Crippen LogP contribution in [0.2, 0.25) is 0 Å². The van der Waals surface area contributed by atoms with E-state index in [4.69, 9.17) is 4.74 Å². The van der Waals surface area contributed by atoms with Gasteiger partial charge in [0, 0.05) is 48.1 Å². The average molecular weight is 592 g/mol. The van der Waals surface area contributed by atoms with Gasteiger partial charge in [-0.25, -0.2) is 0 Å². The highest BCUT2D eigenvalue weighted by molar-refractivity contribution is 6.04. The van der Waals surface area contributed by atoms with E-state index in [0.29, 0.717) is 30.2 Å². The summed E-state index contributed by atoms with van der Waals surface area (Å²) in [6.07, 6.45) is 6.24. The molecule has 7 heteroatoms. The van der Waals surface area contributed by atoms with Crippen molar-refractivity contribution >= 4 is 28.5 Å². The lowest BCUT2D eigenvalue weighted by atomic mass is 9.81. The number of nitrogens with zero attached hydrogens (tertiary/aromatic N) is 2. The Morgan fingerprint density at radius 2 is 1.64 bits per heavy atom. The van der Waals surface area contributed by atoms with Crippen LogP contribution in [0.5, 0.6) is 5.75 Å². The molecule has 4 aromatic rings. The van der Waals surface area contributed by atoms with Crippen molar-refractivity contribution in [1.29, 1.82) is 0 Å². The summed E-state index contributed by atoms with van der Waals surface area (Å²) in [7, 11) is 3.41. The number of Topliss-reactive ketones (excluding diaryl/α,β-unsaturated/α-hetero) is 1. The van der Waals surface area contributed by atoms with Crippen molar-refractivity contribution in [2.45, 2.75) is 70.4 Å². The van der Waals surface area contributed by atoms with Gasteiger partial charge >= 0.3 is 0 Å². The van der Waals surface area contributed by atoms with Crippen LogP contribution in [0.3, 0.4) is 0 Å². The van der Waals surface area contributed by atoms with E-state index >= 15 is 0 Å². The van der Waals surface area contributed by atoms with Crippen LogP contribution in [0.4, 0.5) is 0 Å². The molecule has 1 saturated carbocycles. The van der Waals surface area contributed by atoms with Crippen molar-refractivity contribution in [3.8, 4) is 17.0 Å². The zero-order valence-corrected chi connectivity index (χ0v) is 26.1. The Bertz CT molecular complexity index is 1730. The van der Waals surface area contributed by atoms with Crippen molar-refractivity contribution in [3.05, 3.63) is 89.0 Å². The number of amides is 2. The normalized spacial score (nSPS) is 15.1. The Morgan fingerprint density at radius 3 is 2.36 bits per heavy atom. The van der Waals surface area contributed by atoms with Crippen molar-refractivity contribution in [2.24, 2.45) is 0 Å². The van der Waals surface area contributed by atoms with E-state index < -0.39 is 5.54 Å². The van der Waals surface area contributed by atoms with Gasteiger partial charge in [0.05, 0.1) is 17.8 Å². The number of carbonyl (C=O) groups is 3. The number of aromatic nitrogens is 1. The molecule has 0 saturated heterocycles. The number of benzene rings is 3. The minimum Gasteiger partial charge on any atom is -0.491 e. The molecule has 0 spiro atoms. The quantitative estimate of drug-likeness (QED) is 0.257. The highest BCUT2D eigenvalue weighted by Crippen LogP contribution is 2.47. The minimum absolute atomic E-state index is 0.0880. The third-order valence-electron chi connectivity index (χ3n) is 9.19. The van der Waals surface area contributed by atoms with E-state index in [0.717, 1.165) is 22.4 Å². The molecule has 7 nitrogen and oxygen atoms in total. The summed E-state index contributed by atoms with van der Waals surface area (Å²) >= 11 is 0. The number of hydrogen-bond donors (Lipinski definition) is 1. The molecule has 2 aliphatic rings. The first-order chi connectivity index (χ1) is 21.1. The van der Waals surface area contributed by atoms with Crippen molar-refractivity contribution in [3.63, 3.8) is 0 Å². The fourth-order valence-corrected chi connectivity index (χ4v) is 6.74. The molecule has 0 atom stereocenters. The van der Waals surface area contributed by atoms with Gasteiger partial charge in [-0.3, -0.25) is 14.4 Å². The number of fused-ring (bicyclic) bond motifs is 5. The predicted molar refractivity (Wildman–Crippen MR) is 173 cm³/mol. The monoisotopic (exact) mass is 591 g/mol. The summed E-state index contributed by atoms with van der Waals surface area (Å²) in [5.74, 6) is 0.902. The van der Waals surface area contributed by atoms with Crippen LogP contribution >= 0.6 is 0 Å². The molecule has 1 aliphatic carbocycles. The van der Waals surface area contributed by atoms with Crippen LogP contribution in [0.1, 0.15) is 83.7 Å². The fraction of sp³-hybridized carbons (Fsp3) is 0.378. The van der Waals surface area contributed by atoms with Gasteiger partial charge in [0.2, 0.25) is 0 Å². The summed E-state index contributed by atoms with van der Waals surface area (Å²) in [4.78, 5) is 40.7. The molecule has 228 valence electrons. The number of nitrogens with one attached hydrogen (secondary N) is 1. The van der Waals surface area contributed by atoms with Gasteiger partial charge in [-0.1, -0.05) is 49.6 Å². The second-order valence-electron chi connectivity index (χ2n) is 12.9. The van der Waals surface area contributed by atoms with E-state index in [9.17, 15) is 14.4 Å². The largest absolute Gasteiger partial charge is 0.491 e. The molecule has 2 amide bonds. The molecule has 0 bridgehead atoms. The molecule has 44 heavy (non-hydrogen) atoms. The summed E-state index contributed by atoms with van der Waals surface area (Å²) in [5, 5.41) is 4.20. The molecule has 1 fully saturated rings. The lowest BCUT2D eigenvalue weighted by Crippen LogP contribution is -2.50. The molecule has 2 heterocycles. The Hall–Kier alpha value is -4.39. The van der Waals surface area contributed by atoms with Gasteiger partial charge in [0.25, 0.3) is 11.8 Å². The third-order valence-corrected chi connectivity index (χ3v) is 9.19. The summed E-state index contributed by atoms with van der Waals surface area (Å²) in [5.41, 5.74) is 5.54. The van der Waals surface area contributed by atoms with Crippen molar-refractivity contribution in [1.82, 2.24) is 14.8 Å². The van der Waals surface area contributed by atoms with Crippen molar-refractivity contribution in [2.75, 3.05) is 20.7 Å². The maximum Gasteiger partial charge on any atom is 0.253 e. The van der Waals surface area contributed by atoms with Gasteiger partial charge in [-0.05, 0) is 80.1 Å². The average Bonchev–Trinajstić information content (AvgIpc) is 3.22. The fourth-order valence-electron chi connectivity index (χ4n) is 6.74. The van der Waals surface area contributed by atoms with E-state index in [1.165, 1.54) is 53.6 Å². The molecular weight excluding hydrogens is 550 g/mol. The van der Waals surface area contributed by atoms with Crippen LogP contribution in [-0.4, -0.2) is 53.3 Å². The highest BCUT2D eigenvalue weighted by Gasteiger charge is 2.32. The zero-order chi connectivity index (χ0) is 31.0. The number of carbonyl (C=O) groups excluding carboxylic acids is 3. The van der Waals surface area contributed by atoms with Gasteiger partial charge < -0.3 is 19.5 Å². The lowest BCUT2D eigenvalue weighted by Gasteiger charge is -2.25. The minimum atomic E-state index is -1.08. The van der Waals surface area contributed by atoms with Gasteiger partial charge in [-0.2, -0.15) is 0 Å². The second kappa shape index (κ2) is 11.9. The number of rotatable bonds is 7. The molecule has 0 radical (unpaired) electrons. The summed E-state index contributed by atoms with van der Waals surface area (Å²) < 4.78 is 8.51. The van der Waals surface area contributed by atoms with Gasteiger partial charge in [0.15, 0.2) is 5.78 Å². The molecule has 6 rings (SSSR count). The number of para-hydroxylation sites is 1. The van der Waals surface area contributed by atoms with Crippen LogP contribution < -0.4 is 10.1 Å². The Kier molecular flexibility index (Phi) is 8.06. The SMILES string of the molecule is CN(C)C(=O)c1ccc(CC(=O)C(C)(C)NC(=O)c2ccc3c(C4CCCCC4)c4n(c3c2)CCOc2ccccc2-4)cc1. The number of ketones is 1. The first-order valence-corrected chi connectivity index (χ1v) is 15.7. The molecule has 1 N–H and O–H groups in total. The summed E-state index contributed by atoms with van der Waals surface area (Å²) in [6, 6.07) is 21.3. The zero-order valence-electron chi connectivity index (χ0n) is 26.1. The molecule has 1 aliphatic heterocycles. The second-order valence-corrected chi connectivity index (χ2v) is 12.9. The van der Waals surface area contributed by atoms with Gasteiger partial charge in [0.1, 0.15) is 12.4 Å². The van der Waals surface area contributed by atoms with Crippen LogP contribution in [0.15, 0.2) is 66.7 Å². The highest BCUT2D eigenvalue weighted by atomic mass is 16.5. The Morgan fingerprint density at radius 1 is 0.932 bits per heavy atom. The lowest BCUT2D eigenvalue weighted by molar-refractivity contribution is -0.123. The van der Waals surface area contributed by atoms with Crippen LogP contribution in [0.25, 0.3) is 22.2 Å². The van der Waals surface area contributed by atoms with Crippen molar-refractivity contribution < 1.29 is 19.1 Å². The standard InChI is InChI=1S/C37H41N3O4/c1-37(2,32(41)22-24-14-16-26(17-15-24)36(43)39(3)4)38-35(42)27-18-19-28-30(23-27)40-20-21-44-31-13-9-8-12-29(31)34(40)33(28)25-10-6-5-7-11-25/h8-9,12-19,23,25H,5-7,10-11,20-22H2,1-4H3,(H,38,42). The molecule has 1 aromatic heterocycles. The maximum absolute atomic E-state index is 13.6. The smallest absolute Gasteiger partial charge is 0.253 e. The third kappa shape index (κ3) is 5.63. The Labute approximate surface area is 259 Å². The maximum atomic E-state index is 13.6. The molecule has 3 aromatic carbocycles. The first-order valence-electron chi connectivity index (χ1n) is 15.7. The number of ether oxygens (including phenoxy) is 1. The topological polar surface area (TPSA) is 80.6 Å². The molecule has 0 unspecified atom stereocenters. The number of hydrogen-bond acceptors (Lipinski definition) is 4. The van der Waals surface area contributed by atoms with E-state index in [1.807, 2.05) is 24.3 Å². The van der Waals surface area contributed by atoms with Crippen LogP contribution in [0, 0.1) is 0 Å². The van der Waals surface area contributed by atoms with Crippen LogP contribution in [-0.2, 0) is 17.8 Å². The first kappa shape index (κ1) is 29.7. The van der Waals surface area contributed by atoms with E-state index in [1.54, 1.807) is 52.2 Å². The molecular formula is C37H41N3O4. The van der Waals surface area contributed by atoms with E-state index in [2.05, 4.69) is 28.1 Å². The van der Waals surface area contributed by atoms with E-state index in [-0.39, 0.29) is 24.0 Å². The summed E-state index contributed by atoms with van der Waals surface area (Å²) in [6.45, 7) is 4.74.